The van der Waals surface area contributed by atoms with Crippen LogP contribution in [0.5, 0.6) is 0 Å². The molecule has 2 heterocycles. The van der Waals surface area contributed by atoms with Gasteiger partial charge in [0.2, 0.25) is 15.9 Å². The van der Waals surface area contributed by atoms with Gasteiger partial charge in [-0.25, -0.2) is 8.42 Å². The molecule has 1 N–H and O–H groups in total. The van der Waals surface area contributed by atoms with E-state index in [9.17, 15) is 13.2 Å². The van der Waals surface area contributed by atoms with Gasteiger partial charge in [-0.15, -0.1) is 0 Å². The molecule has 1 saturated heterocycles. The van der Waals surface area contributed by atoms with Crippen molar-refractivity contribution in [3.63, 3.8) is 0 Å². The molecule has 0 spiro atoms. The van der Waals surface area contributed by atoms with Crippen molar-refractivity contribution in [1.29, 1.82) is 0 Å². The lowest BCUT2D eigenvalue weighted by atomic mass is 9.96. The van der Waals surface area contributed by atoms with Gasteiger partial charge in [-0.05, 0) is 43.5 Å². The van der Waals surface area contributed by atoms with Gasteiger partial charge in [0.05, 0.1) is 6.26 Å². The van der Waals surface area contributed by atoms with Crippen molar-refractivity contribution in [3.05, 3.63) is 65.5 Å². The molecule has 0 saturated carbocycles. The van der Waals surface area contributed by atoms with Crippen molar-refractivity contribution < 1.29 is 17.6 Å². The highest BCUT2D eigenvalue weighted by Crippen LogP contribution is 2.21. The highest BCUT2D eigenvalue weighted by molar-refractivity contribution is 7.92. The Bertz CT molecular complexity index is 884. The quantitative estimate of drug-likeness (QED) is 0.772. The number of benzene rings is 1. The largest absolute Gasteiger partial charge is 0.469 e. The van der Waals surface area contributed by atoms with E-state index in [1.165, 1.54) is 9.71 Å². The summed E-state index contributed by atoms with van der Waals surface area (Å²) in [6, 6.07) is 13.0. The fourth-order valence-electron chi connectivity index (χ4n) is 3.33. The minimum atomic E-state index is -3.48. The van der Waals surface area contributed by atoms with Crippen molar-refractivity contribution >= 4 is 22.0 Å². The van der Waals surface area contributed by atoms with Crippen LogP contribution in [0.4, 0.5) is 0 Å². The molecule has 1 atom stereocenters. The summed E-state index contributed by atoms with van der Waals surface area (Å²) in [4.78, 5) is 12.5. The zero-order valence-electron chi connectivity index (χ0n) is 16.0. The van der Waals surface area contributed by atoms with E-state index in [-0.39, 0.29) is 17.9 Å². The first-order valence-corrected chi connectivity index (χ1v) is 11.0. The van der Waals surface area contributed by atoms with Crippen LogP contribution in [0, 0.1) is 5.92 Å². The number of rotatable bonds is 7. The molecule has 0 aliphatic carbocycles. The molecule has 1 fully saturated rings. The second-order valence-electron chi connectivity index (χ2n) is 7.12. The molecule has 7 heteroatoms. The molecule has 1 amide bonds. The third kappa shape index (κ3) is 5.56. The monoisotopic (exact) mass is 402 g/mol. The number of hydrogen-bond donors (Lipinski definition) is 1. The molecule has 1 aliphatic heterocycles. The summed E-state index contributed by atoms with van der Waals surface area (Å²) in [6.07, 6.45) is 4.91. The summed E-state index contributed by atoms with van der Waals surface area (Å²) < 4.78 is 31.8. The summed E-state index contributed by atoms with van der Waals surface area (Å²) >= 11 is 0. The van der Waals surface area contributed by atoms with Crippen LogP contribution in [0.25, 0.3) is 6.08 Å². The molecular weight excluding hydrogens is 376 g/mol. The maximum absolute atomic E-state index is 12.5. The molecule has 1 unspecified atom stereocenters. The molecule has 1 aliphatic rings. The van der Waals surface area contributed by atoms with Crippen molar-refractivity contribution in [1.82, 2.24) is 9.62 Å². The summed E-state index contributed by atoms with van der Waals surface area (Å²) in [7, 11) is -3.48. The maximum atomic E-state index is 12.5. The second-order valence-corrected chi connectivity index (χ2v) is 8.94. The highest BCUT2D eigenvalue weighted by Gasteiger charge is 2.30. The van der Waals surface area contributed by atoms with Gasteiger partial charge in [-0.3, -0.25) is 4.79 Å². The number of furan rings is 1. The number of carbonyl (C=O) groups excluding carboxylic acids is 1. The number of sulfonamides is 1. The van der Waals surface area contributed by atoms with E-state index >= 15 is 0 Å². The summed E-state index contributed by atoms with van der Waals surface area (Å²) in [5.74, 6) is 0.651. The number of piperidine rings is 1. The average Bonchev–Trinajstić information content (AvgIpc) is 3.20. The zero-order valence-corrected chi connectivity index (χ0v) is 16.8. The van der Waals surface area contributed by atoms with Gasteiger partial charge in [0.1, 0.15) is 5.76 Å². The Morgan fingerprint density at radius 1 is 1.21 bits per heavy atom. The van der Waals surface area contributed by atoms with E-state index in [0.717, 1.165) is 11.3 Å². The fraction of sp³-hybridized carbons (Fsp3) is 0.381. The number of carbonyl (C=O) groups is 1. The summed E-state index contributed by atoms with van der Waals surface area (Å²) in [5, 5.41) is 4.25. The second kappa shape index (κ2) is 9.21. The Morgan fingerprint density at radius 2 is 1.93 bits per heavy atom. The maximum Gasteiger partial charge on any atom is 0.236 e. The lowest BCUT2D eigenvalue weighted by Gasteiger charge is -2.30. The van der Waals surface area contributed by atoms with Crippen molar-refractivity contribution in [2.24, 2.45) is 5.92 Å². The van der Waals surface area contributed by atoms with E-state index in [1.54, 1.807) is 12.3 Å². The van der Waals surface area contributed by atoms with Crippen LogP contribution >= 0.6 is 0 Å². The normalized spacial score (nSPS) is 17.6. The third-order valence-electron chi connectivity index (χ3n) is 4.89. The van der Waals surface area contributed by atoms with Crippen LogP contribution in [0.15, 0.2) is 58.6 Å². The lowest BCUT2D eigenvalue weighted by molar-refractivity contribution is -0.126. The molecule has 1 aromatic heterocycles. The smallest absolute Gasteiger partial charge is 0.236 e. The molecule has 150 valence electrons. The fourth-order valence-corrected chi connectivity index (χ4v) is 4.55. The van der Waals surface area contributed by atoms with Crippen LogP contribution in [-0.4, -0.2) is 37.8 Å². The minimum Gasteiger partial charge on any atom is -0.469 e. The molecule has 3 rings (SSSR count). The molecule has 1 aromatic carbocycles. The van der Waals surface area contributed by atoms with Crippen molar-refractivity contribution in [2.45, 2.75) is 32.2 Å². The molecule has 28 heavy (non-hydrogen) atoms. The molecule has 2 aromatic rings. The van der Waals surface area contributed by atoms with E-state index in [4.69, 9.17) is 4.42 Å². The van der Waals surface area contributed by atoms with E-state index in [0.29, 0.717) is 32.4 Å². The zero-order chi connectivity index (χ0) is 20.0. The Kier molecular flexibility index (Phi) is 6.70. The van der Waals surface area contributed by atoms with Crippen LogP contribution in [0.2, 0.25) is 0 Å². The highest BCUT2D eigenvalue weighted by atomic mass is 32.2. The lowest BCUT2D eigenvalue weighted by Crippen LogP contribution is -2.44. The van der Waals surface area contributed by atoms with Gasteiger partial charge in [0, 0.05) is 36.9 Å². The minimum absolute atomic E-state index is 0.0177. The SMILES string of the molecule is CC(Cc1ccco1)NC(=O)C1CCN(S(=O)(=O)/C=C/c2ccccc2)CC1. The Labute approximate surface area is 166 Å². The summed E-state index contributed by atoms with van der Waals surface area (Å²) in [6.45, 7) is 2.65. The predicted molar refractivity (Wildman–Crippen MR) is 109 cm³/mol. The first kappa shape index (κ1) is 20.4. The average molecular weight is 403 g/mol. The predicted octanol–water partition coefficient (Wildman–Crippen LogP) is 3.04. The van der Waals surface area contributed by atoms with E-state index in [1.807, 2.05) is 49.4 Å². The standard InChI is InChI=1S/C21H26N2O4S/c1-17(16-20-8-5-14-27-20)22-21(24)19-9-12-23(13-10-19)28(25,26)15-11-18-6-3-2-4-7-18/h2-8,11,14-15,17,19H,9-10,12-13,16H2,1H3,(H,22,24)/b15-11+. The van der Waals surface area contributed by atoms with Gasteiger partial charge in [0.15, 0.2) is 0 Å². The van der Waals surface area contributed by atoms with Crippen LogP contribution in [0.3, 0.4) is 0 Å². The molecule has 6 nitrogen and oxygen atoms in total. The Hall–Kier alpha value is -2.38. The Morgan fingerprint density at radius 3 is 2.57 bits per heavy atom. The van der Waals surface area contributed by atoms with Gasteiger partial charge < -0.3 is 9.73 Å². The van der Waals surface area contributed by atoms with Crippen LogP contribution < -0.4 is 5.32 Å². The van der Waals surface area contributed by atoms with Gasteiger partial charge >= 0.3 is 0 Å². The number of amides is 1. The Balaban J connectivity index is 1.49. The number of nitrogens with zero attached hydrogens (tertiary/aromatic N) is 1. The first-order chi connectivity index (χ1) is 13.4. The molecular formula is C21H26N2O4S. The van der Waals surface area contributed by atoms with Crippen molar-refractivity contribution in [3.8, 4) is 0 Å². The van der Waals surface area contributed by atoms with E-state index in [2.05, 4.69) is 5.32 Å². The van der Waals surface area contributed by atoms with Gasteiger partial charge in [-0.1, -0.05) is 30.3 Å². The third-order valence-corrected chi connectivity index (χ3v) is 6.46. The van der Waals surface area contributed by atoms with E-state index < -0.39 is 10.0 Å². The topological polar surface area (TPSA) is 79.6 Å². The van der Waals surface area contributed by atoms with Gasteiger partial charge in [-0.2, -0.15) is 4.31 Å². The molecule has 0 bridgehead atoms. The van der Waals surface area contributed by atoms with Crippen LogP contribution in [-0.2, 0) is 21.2 Å². The number of nitrogens with one attached hydrogen (secondary N) is 1. The summed E-state index contributed by atoms with van der Waals surface area (Å²) in [5.41, 5.74) is 0.839. The van der Waals surface area contributed by atoms with Gasteiger partial charge in [0.25, 0.3) is 0 Å². The van der Waals surface area contributed by atoms with Crippen molar-refractivity contribution in [2.75, 3.05) is 13.1 Å². The number of hydrogen-bond acceptors (Lipinski definition) is 4. The first-order valence-electron chi connectivity index (χ1n) is 9.50. The van der Waals surface area contributed by atoms with Crippen LogP contribution in [0.1, 0.15) is 31.1 Å². The molecule has 0 radical (unpaired) electrons.